The molecular weight excluding hydrogens is 190 g/mol. The van der Waals surface area contributed by atoms with Crippen molar-refractivity contribution in [2.45, 2.75) is 25.3 Å². The van der Waals surface area contributed by atoms with Crippen LogP contribution in [0.1, 0.15) is 29.6 Å². The average Bonchev–Trinajstić information content (AvgIpc) is 3.02. The molecule has 1 aliphatic rings. The number of nitrogens with one attached hydrogen (secondary N) is 1. The molecule has 2 rings (SSSR count). The number of ketones is 1. The van der Waals surface area contributed by atoms with E-state index in [1.165, 1.54) is 12.8 Å². The van der Waals surface area contributed by atoms with Crippen LogP contribution >= 0.6 is 0 Å². The molecule has 0 bridgehead atoms. The number of anilines is 1. The maximum absolute atomic E-state index is 11.7. The monoisotopic (exact) mass is 205 g/mol. The van der Waals surface area contributed by atoms with Crippen molar-refractivity contribution in [1.82, 2.24) is 10.3 Å². The molecule has 0 atom stereocenters. The Bertz CT molecular complexity index is 361. The summed E-state index contributed by atoms with van der Waals surface area (Å²) in [6.45, 7) is 0.734. The van der Waals surface area contributed by atoms with Crippen LogP contribution < -0.4 is 11.1 Å². The molecule has 80 valence electrons. The van der Waals surface area contributed by atoms with E-state index in [1.54, 1.807) is 18.3 Å². The fourth-order valence-electron chi connectivity index (χ4n) is 1.47. The number of nitrogens with two attached hydrogens (primary N) is 1. The second kappa shape index (κ2) is 4.40. The molecule has 0 aromatic carbocycles. The van der Waals surface area contributed by atoms with Crippen molar-refractivity contribution in [1.29, 1.82) is 0 Å². The molecular formula is C11H15N3O. The van der Waals surface area contributed by atoms with Crippen molar-refractivity contribution in [3.8, 4) is 0 Å². The number of carbonyl (C=O) groups is 1. The van der Waals surface area contributed by atoms with Gasteiger partial charge in [0.15, 0.2) is 5.78 Å². The molecule has 3 N–H and O–H groups in total. The standard InChI is InChI=1S/C11H15N3O/c12-11-9(2-1-6-14-11)10(15)5-7-13-8-3-4-8/h1-2,6,8,13H,3-5,7H2,(H2,12,14). The molecule has 0 radical (unpaired) electrons. The quantitative estimate of drug-likeness (QED) is 0.703. The molecule has 1 aromatic heterocycles. The molecule has 15 heavy (non-hydrogen) atoms. The number of rotatable bonds is 5. The predicted molar refractivity (Wildman–Crippen MR) is 58.6 cm³/mol. The van der Waals surface area contributed by atoms with Crippen LogP contribution in [0.4, 0.5) is 5.82 Å². The summed E-state index contributed by atoms with van der Waals surface area (Å²) in [6, 6.07) is 4.10. The molecule has 4 heteroatoms. The van der Waals surface area contributed by atoms with E-state index < -0.39 is 0 Å². The Hall–Kier alpha value is -1.42. The Balaban J connectivity index is 1.86. The first-order chi connectivity index (χ1) is 7.27. The van der Waals surface area contributed by atoms with Crippen molar-refractivity contribution < 1.29 is 4.79 Å². The third-order valence-electron chi connectivity index (χ3n) is 2.50. The lowest BCUT2D eigenvalue weighted by atomic mass is 10.1. The highest BCUT2D eigenvalue weighted by Gasteiger charge is 2.20. The van der Waals surface area contributed by atoms with E-state index in [-0.39, 0.29) is 5.78 Å². The van der Waals surface area contributed by atoms with E-state index in [1.807, 2.05) is 0 Å². The van der Waals surface area contributed by atoms with Crippen LogP contribution in [0.25, 0.3) is 0 Å². The lowest BCUT2D eigenvalue weighted by molar-refractivity contribution is 0.0983. The molecule has 1 saturated carbocycles. The van der Waals surface area contributed by atoms with E-state index >= 15 is 0 Å². The maximum Gasteiger partial charge on any atom is 0.167 e. The summed E-state index contributed by atoms with van der Waals surface area (Å²) in [4.78, 5) is 15.6. The maximum atomic E-state index is 11.7. The first-order valence-corrected chi connectivity index (χ1v) is 5.24. The fourth-order valence-corrected chi connectivity index (χ4v) is 1.47. The molecule has 1 heterocycles. The van der Waals surface area contributed by atoms with Gasteiger partial charge in [-0.05, 0) is 25.0 Å². The zero-order chi connectivity index (χ0) is 10.7. The lowest BCUT2D eigenvalue weighted by Crippen LogP contribution is -2.20. The van der Waals surface area contributed by atoms with Gasteiger partial charge in [-0.3, -0.25) is 4.79 Å². The molecule has 1 aliphatic carbocycles. The zero-order valence-electron chi connectivity index (χ0n) is 8.57. The largest absolute Gasteiger partial charge is 0.383 e. The number of hydrogen-bond donors (Lipinski definition) is 2. The Labute approximate surface area is 88.9 Å². The number of nitrogen functional groups attached to an aromatic ring is 1. The number of aromatic nitrogens is 1. The summed E-state index contributed by atoms with van der Waals surface area (Å²) in [5.41, 5.74) is 6.15. The number of Topliss-reactive ketones (excluding diaryl/α,β-unsaturated/α-hetero) is 1. The Morgan fingerprint density at radius 2 is 2.40 bits per heavy atom. The van der Waals surface area contributed by atoms with Crippen molar-refractivity contribution in [2.75, 3.05) is 12.3 Å². The van der Waals surface area contributed by atoms with Gasteiger partial charge < -0.3 is 11.1 Å². The van der Waals surface area contributed by atoms with Gasteiger partial charge in [-0.1, -0.05) is 0 Å². The first-order valence-electron chi connectivity index (χ1n) is 5.24. The highest BCUT2D eigenvalue weighted by Crippen LogP contribution is 2.18. The van der Waals surface area contributed by atoms with Crippen LogP contribution in [0.2, 0.25) is 0 Å². The highest BCUT2D eigenvalue weighted by atomic mass is 16.1. The van der Waals surface area contributed by atoms with Crippen LogP contribution in [-0.2, 0) is 0 Å². The Morgan fingerprint density at radius 1 is 1.60 bits per heavy atom. The summed E-state index contributed by atoms with van der Waals surface area (Å²) in [5, 5.41) is 3.29. The second-order valence-electron chi connectivity index (χ2n) is 3.84. The third-order valence-corrected chi connectivity index (χ3v) is 2.50. The summed E-state index contributed by atoms with van der Waals surface area (Å²) in [7, 11) is 0. The van der Waals surface area contributed by atoms with Crippen LogP contribution in [-0.4, -0.2) is 23.4 Å². The lowest BCUT2D eigenvalue weighted by Gasteiger charge is -2.04. The molecule has 0 saturated heterocycles. The summed E-state index contributed by atoms with van der Waals surface area (Å²) in [5.74, 6) is 0.391. The van der Waals surface area contributed by atoms with Gasteiger partial charge >= 0.3 is 0 Å². The van der Waals surface area contributed by atoms with Crippen LogP contribution in [0.15, 0.2) is 18.3 Å². The Kier molecular flexibility index (Phi) is 2.97. The number of pyridine rings is 1. The minimum atomic E-state index is 0.0637. The van der Waals surface area contributed by atoms with Crippen molar-refractivity contribution in [3.63, 3.8) is 0 Å². The van der Waals surface area contributed by atoms with Crippen LogP contribution in [0.5, 0.6) is 0 Å². The predicted octanol–water partition coefficient (Wildman–Crippen LogP) is 0.989. The van der Waals surface area contributed by atoms with Crippen molar-refractivity contribution >= 4 is 11.6 Å². The minimum Gasteiger partial charge on any atom is -0.383 e. The molecule has 0 unspecified atom stereocenters. The molecule has 1 fully saturated rings. The van der Waals surface area contributed by atoms with E-state index in [4.69, 9.17) is 5.73 Å². The van der Waals surface area contributed by atoms with E-state index in [9.17, 15) is 4.79 Å². The summed E-state index contributed by atoms with van der Waals surface area (Å²) >= 11 is 0. The zero-order valence-corrected chi connectivity index (χ0v) is 8.57. The third kappa shape index (κ3) is 2.76. The van der Waals surface area contributed by atoms with Gasteiger partial charge in [-0.25, -0.2) is 4.98 Å². The molecule has 1 aromatic rings. The van der Waals surface area contributed by atoms with Gasteiger partial charge in [-0.15, -0.1) is 0 Å². The Morgan fingerprint density at radius 3 is 3.07 bits per heavy atom. The first kappa shape index (κ1) is 10.1. The number of hydrogen-bond acceptors (Lipinski definition) is 4. The van der Waals surface area contributed by atoms with E-state index in [0.717, 1.165) is 6.54 Å². The molecule has 0 aliphatic heterocycles. The van der Waals surface area contributed by atoms with Gasteiger partial charge in [0.25, 0.3) is 0 Å². The smallest absolute Gasteiger partial charge is 0.167 e. The van der Waals surface area contributed by atoms with Crippen LogP contribution in [0, 0.1) is 0 Å². The van der Waals surface area contributed by atoms with Crippen LogP contribution in [0.3, 0.4) is 0 Å². The summed E-state index contributed by atoms with van der Waals surface area (Å²) < 4.78 is 0. The van der Waals surface area contributed by atoms with E-state index in [2.05, 4.69) is 10.3 Å². The SMILES string of the molecule is Nc1ncccc1C(=O)CCNC1CC1. The molecule has 4 nitrogen and oxygen atoms in total. The van der Waals surface area contributed by atoms with Gasteiger partial charge in [-0.2, -0.15) is 0 Å². The van der Waals surface area contributed by atoms with Gasteiger partial charge in [0, 0.05) is 25.2 Å². The average molecular weight is 205 g/mol. The normalized spacial score (nSPS) is 15.2. The van der Waals surface area contributed by atoms with Gasteiger partial charge in [0.2, 0.25) is 0 Å². The highest BCUT2D eigenvalue weighted by molar-refractivity contribution is 5.99. The topological polar surface area (TPSA) is 68.0 Å². The molecule has 0 spiro atoms. The fraction of sp³-hybridized carbons (Fsp3) is 0.455. The second-order valence-corrected chi connectivity index (χ2v) is 3.84. The minimum absolute atomic E-state index is 0.0637. The number of nitrogens with zero attached hydrogens (tertiary/aromatic N) is 1. The summed E-state index contributed by atoms with van der Waals surface area (Å²) in [6.07, 6.45) is 4.56. The van der Waals surface area contributed by atoms with Crippen molar-refractivity contribution in [2.24, 2.45) is 0 Å². The van der Waals surface area contributed by atoms with Gasteiger partial charge in [0.05, 0.1) is 5.56 Å². The van der Waals surface area contributed by atoms with Gasteiger partial charge in [0.1, 0.15) is 5.82 Å². The van der Waals surface area contributed by atoms with E-state index in [0.29, 0.717) is 23.8 Å². The molecule has 0 amide bonds. The van der Waals surface area contributed by atoms with Crippen molar-refractivity contribution in [3.05, 3.63) is 23.9 Å². The number of carbonyl (C=O) groups excluding carboxylic acids is 1.